The van der Waals surface area contributed by atoms with Crippen LogP contribution in [0, 0.1) is 6.92 Å². The van der Waals surface area contributed by atoms with E-state index in [1.165, 1.54) is 5.69 Å². The van der Waals surface area contributed by atoms with Crippen molar-refractivity contribution in [3.05, 3.63) is 59.2 Å². The number of aryl methyl sites for hydroxylation is 1. The van der Waals surface area contributed by atoms with Gasteiger partial charge in [0.05, 0.1) is 6.21 Å². The molecule has 0 aliphatic rings. The molecule has 5 nitrogen and oxygen atoms in total. The van der Waals surface area contributed by atoms with E-state index in [9.17, 15) is 4.79 Å². The van der Waals surface area contributed by atoms with Crippen molar-refractivity contribution in [2.75, 3.05) is 24.6 Å². The Morgan fingerprint density at radius 2 is 1.77 bits per heavy atom. The molecule has 0 aliphatic heterocycles. The summed E-state index contributed by atoms with van der Waals surface area (Å²) in [4.78, 5) is 14.5. The van der Waals surface area contributed by atoms with Gasteiger partial charge in [0.15, 0.2) is 6.61 Å². The van der Waals surface area contributed by atoms with Crippen LogP contribution in [0.15, 0.2) is 47.6 Å². The molecule has 1 N–H and O–H groups in total. The van der Waals surface area contributed by atoms with Gasteiger partial charge in [-0.15, -0.1) is 0 Å². The summed E-state index contributed by atoms with van der Waals surface area (Å²) in [6.45, 7) is 12.7. The lowest BCUT2D eigenvalue weighted by Gasteiger charge is -2.23. The molecule has 0 bridgehead atoms. The van der Waals surface area contributed by atoms with Crippen molar-refractivity contribution in [1.82, 2.24) is 5.43 Å². The van der Waals surface area contributed by atoms with Gasteiger partial charge in [-0.25, -0.2) is 5.43 Å². The second kappa shape index (κ2) is 12.0. The second-order valence-corrected chi connectivity index (χ2v) is 7.86. The zero-order chi connectivity index (χ0) is 21.9. The predicted octanol–water partition coefficient (Wildman–Crippen LogP) is 5.27. The zero-order valence-electron chi connectivity index (χ0n) is 18.9. The lowest BCUT2D eigenvalue weighted by atomic mass is 10.0. The first-order chi connectivity index (χ1) is 14.4. The molecule has 0 saturated carbocycles. The number of anilines is 1. The van der Waals surface area contributed by atoms with Crippen molar-refractivity contribution in [1.29, 1.82) is 0 Å². The molecule has 2 aromatic rings. The van der Waals surface area contributed by atoms with Crippen LogP contribution in [0.25, 0.3) is 0 Å². The van der Waals surface area contributed by atoms with E-state index >= 15 is 0 Å². The second-order valence-electron chi connectivity index (χ2n) is 7.86. The molecule has 30 heavy (non-hydrogen) atoms. The highest BCUT2D eigenvalue weighted by Crippen LogP contribution is 2.27. The summed E-state index contributed by atoms with van der Waals surface area (Å²) in [6, 6.07) is 14.3. The fraction of sp³-hybridized carbons (Fsp3) is 0.440. The first kappa shape index (κ1) is 23.5. The van der Waals surface area contributed by atoms with Crippen LogP contribution in [-0.2, 0) is 4.79 Å². The fourth-order valence-corrected chi connectivity index (χ4v) is 3.28. The lowest BCUT2D eigenvalue weighted by Crippen LogP contribution is -2.25. The Morgan fingerprint density at radius 3 is 2.37 bits per heavy atom. The van der Waals surface area contributed by atoms with Gasteiger partial charge in [-0.3, -0.25) is 4.79 Å². The first-order valence-corrected chi connectivity index (χ1v) is 10.8. The van der Waals surface area contributed by atoms with Crippen LogP contribution in [0.5, 0.6) is 5.75 Å². The van der Waals surface area contributed by atoms with E-state index in [1.807, 2.05) is 25.1 Å². The van der Waals surface area contributed by atoms with Gasteiger partial charge in [0, 0.05) is 18.8 Å². The quantitative estimate of drug-likeness (QED) is 0.406. The van der Waals surface area contributed by atoms with E-state index in [1.54, 1.807) is 6.21 Å². The van der Waals surface area contributed by atoms with Gasteiger partial charge in [0.25, 0.3) is 5.91 Å². The molecule has 0 fully saturated rings. The van der Waals surface area contributed by atoms with E-state index in [2.05, 4.69) is 67.4 Å². The molecular weight excluding hydrogens is 374 g/mol. The van der Waals surface area contributed by atoms with Crippen molar-refractivity contribution >= 4 is 17.8 Å². The third-order valence-corrected chi connectivity index (χ3v) is 4.80. The smallest absolute Gasteiger partial charge is 0.277 e. The number of ether oxygens (including phenoxy) is 1. The van der Waals surface area contributed by atoms with Crippen LogP contribution >= 0.6 is 0 Å². The molecule has 0 atom stereocenters. The number of hydrogen-bond acceptors (Lipinski definition) is 4. The SMILES string of the molecule is CCCN(CCC)c1ccc(/C=N/NC(=O)COc2cc(C)ccc2C(C)C)cc1. The summed E-state index contributed by atoms with van der Waals surface area (Å²) in [5.41, 5.74) is 6.89. The van der Waals surface area contributed by atoms with Gasteiger partial charge >= 0.3 is 0 Å². The standard InChI is InChI=1S/C25H35N3O2/c1-6-14-28(15-7-2)22-11-9-21(10-12-22)17-26-27-25(29)18-30-24-16-20(5)8-13-23(24)19(3)4/h8-13,16-17,19H,6-7,14-15,18H2,1-5H3,(H,27,29)/b26-17+. The van der Waals surface area contributed by atoms with Gasteiger partial charge in [-0.2, -0.15) is 5.10 Å². The van der Waals surface area contributed by atoms with Crippen molar-refractivity contribution in [2.24, 2.45) is 5.10 Å². The number of hydrazone groups is 1. The Balaban J connectivity index is 1.88. The average molecular weight is 410 g/mol. The minimum Gasteiger partial charge on any atom is -0.483 e. The molecule has 0 aliphatic carbocycles. The van der Waals surface area contributed by atoms with Gasteiger partial charge in [-0.05, 0) is 60.6 Å². The van der Waals surface area contributed by atoms with Crippen LogP contribution in [0.1, 0.15) is 63.1 Å². The molecule has 0 spiro atoms. The monoisotopic (exact) mass is 409 g/mol. The number of benzene rings is 2. The number of carbonyl (C=O) groups is 1. The third-order valence-electron chi connectivity index (χ3n) is 4.80. The van der Waals surface area contributed by atoms with Crippen LogP contribution in [0.3, 0.4) is 0 Å². The van der Waals surface area contributed by atoms with Crippen molar-refractivity contribution < 1.29 is 9.53 Å². The molecule has 2 aromatic carbocycles. The van der Waals surface area contributed by atoms with Crippen LogP contribution in [0.4, 0.5) is 5.69 Å². The molecule has 1 amide bonds. The van der Waals surface area contributed by atoms with Crippen LogP contribution in [-0.4, -0.2) is 31.8 Å². The van der Waals surface area contributed by atoms with E-state index < -0.39 is 0 Å². The highest BCUT2D eigenvalue weighted by atomic mass is 16.5. The minimum atomic E-state index is -0.281. The molecule has 0 heterocycles. The maximum atomic E-state index is 12.1. The lowest BCUT2D eigenvalue weighted by molar-refractivity contribution is -0.123. The highest BCUT2D eigenvalue weighted by molar-refractivity contribution is 5.83. The third kappa shape index (κ3) is 7.21. The summed E-state index contributed by atoms with van der Waals surface area (Å²) in [7, 11) is 0. The summed E-state index contributed by atoms with van der Waals surface area (Å²) >= 11 is 0. The van der Waals surface area contributed by atoms with Crippen molar-refractivity contribution in [2.45, 2.75) is 53.4 Å². The minimum absolute atomic E-state index is 0.0670. The summed E-state index contributed by atoms with van der Waals surface area (Å²) in [5.74, 6) is 0.801. The molecule has 5 heteroatoms. The maximum absolute atomic E-state index is 12.1. The fourth-order valence-electron chi connectivity index (χ4n) is 3.28. The van der Waals surface area contributed by atoms with Crippen LogP contribution in [0.2, 0.25) is 0 Å². The Labute approximate surface area is 181 Å². The topological polar surface area (TPSA) is 53.9 Å². The number of nitrogens with one attached hydrogen (secondary N) is 1. The van der Waals surface area contributed by atoms with Gasteiger partial charge < -0.3 is 9.64 Å². The Kier molecular flexibility index (Phi) is 9.39. The number of amides is 1. The van der Waals surface area contributed by atoms with Crippen LogP contribution < -0.4 is 15.1 Å². The number of rotatable bonds is 11. The number of hydrogen-bond donors (Lipinski definition) is 1. The Bertz CT molecular complexity index is 823. The van der Waals surface area contributed by atoms with E-state index in [0.717, 1.165) is 48.4 Å². The molecule has 162 valence electrons. The normalized spacial score (nSPS) is 11.1. The van der Waals surface area contributed by atoms with Gasteiger partial charge in [0.1, 0.15) is 5.75 Å². The van der Waals surface area contributed by atoms with E-state index in [-0.39, 0.29) is 12.5 Å². The molecule has 0 saturated heterocycles. The molecule has 0 radical (unpaired) electrons. The molecule has 2 rings (SSSR count). The predicted molar refractivity (Wildman–Crippen MR) is 126 cm³/mol. The van der Waals surface area contributed by atoms with E-state index in [4.69, 9.17) is 4.74 Å². The molecule has 0 aromatic heterocycles. The number of nitrogens with zero attached hydrogens (tertiary/aromatic N) is 2. The van der Waals surface area contributed by atoms with Gasteiger partial charge in [0.2, 0.25) is 0 Å². The summed E-state index contributed by atoms with van der Waals surface area (Å²) in [6.07, 6.45) is 3.90. The zero-order valence-corrected chi connectivity index (χ0v) is 18.9. The molecule has 0 unspecified atom stereocenters. The highest BCUT2D eigenvalue weighted by Gasteiger charge is 2.10. The molecular formula is C25H35N3O2. The van der Waals surface area contributed by atoms with E-state index in [0.29, 0.717) is 5.92 Å². The van der Waals surface area contributed by atoms with Crippen molar-refractivity contribution in [3.8, 4) is 5.75 Å². The summed E-state index contributed by atoms with van der Waals surface area (Å²) < 4.78 is 5.74. The largest absolute Gasteiger partial charge is 0.483 e. The first-order valence-electron chi connectivity index (χ1n) is 10.8. The van der Waals surface area contributed by atoms with Gasteiger partial charge in [-0.1, -0.05) is 52.0 Å². The number of carbonyl (C=O) groups excluding carboxylic acids is 1. The Morgan fingerprint density at radius 1 is 1.10 bits per heavy atom. The average Bonchev–Trinajstić information content (AvgIpc) is 2.72. The van der Waals surface area contributed by atoms with Crippen molar-refractivity contribution in [3.63, 3.8) is 0 Å². The summed E-state index contributed by atoms with van der Waals surface area (Å²) in [5, 5.41) is 4.06. The Hall–Kier alpha value is -2.82. The maximum Gasteiger partial charge on any atom is 0.277 e.